The minimum atomic E-state index is -4.72. The van der Waals surface area contributed by atoms with Gasteiger partial charge in [-0.05, 0) is 12.8 Å². The van der Waals surface area contributed by atoms with Gasteiger partial charge in [0.25, 0.3) is 5.91 Å². The molecule has 0 radical (unpaired) electrons. The molecule has 0 spiro atoms. The second-order valence-electron chi connectivity index (χ2n) is 6.56. The van der Waals surface area contributed by atoms with E-state index in [1.807, 2.05) is 0 Å². The summed E-state index contributed by atoms with van der Waals surface area (Å²) in [6, 6.07) is 0. The molecule has 1 amide bonds. The van der Waals surface area contributed by atoms with E-state index in [9.17, 15) is 27.9 Å². The molecule has 0 aliphatic carbocycles. The lowest BCUT2D eigenvalue weighted by atomic mass is 9.91. The van der Waals surface area contributed by atoms with Crippen LogP contribution in [0.3, 0.4) is 0 Å². The van der Waals surface area contributed by atoms with Crippen molar-refractivity contribution < 1.29 is 23.1 Å². The molecule has 0 saturated carbocycles. The van der Waals surface area contributed by atoms with E-state index in [-0.39, 0.29) is 30.5 Å². The molecule has 2 unspecified atom stereocenters. The van der Waals surface area contributed by atoms with Crippen LogP contribution in [0.25, 0.3) is 0 Å². The number of aliphatic hydroxyl groups excluding tert-OH is 1. The van der Waals surface area contributed by atoms with Crippen molar-refractivity contribution >= 4 is 5.91 Å². The Labute approximate surface area is 142 Å². The molecule has 1 saturated heterocycles. The van der Waals surface area contributed by atoms with Crippen LogP contribution in [-0.2, 0) is 13.0 Å². The zero-order chi connectivity index (χ0) is 18.2. The first-order valence-electron chi connectivity index (χ1n) is 8.27. The molecule has 3 N–H and O–H groups in total. The Morgan fingerprint density at radius 2 is 2.16 bits per heavy atom. The van der Waals surface area contributed by atoms with E-state index >= 15 is 0 Å². The van der Waals surface area contributed by atoms with E-state index in [0.717, 1.165) is 12.2 Å². The minimum absolute atomic E-state index is 0.0652. The predicted molar refractivity (Wildman–Crippen MR) is 83.2 cm³/mol. The molecular weight excluding hydrogens is 339 g/mol. The number of fused-ring (bicyclic) bond motifs is 1. The van der Waals surface area contributed by atoms with Crippen LogP contribution in [0.15, 0.2) is 11.0 Å². The van der Waals surface area contributed by atoms with E-state index in [2.05, 4.69) is 10.3 Å². The maximum Gasteiger partial charge on any atom is 0.414 e. The normalized spacial score (nSPS) is 22.4. The average Bonchev–Trinajstić information content (AvgIpc) is 2.60. The highest BCUT2D eigenvalue weighted by molar-refractivity contribution is 5.94. The van der Waals surface area contributed by atoms with Crippen molar-refractivity contribution in [1.29, 1.82) is 0 Å². The van der Waals surface area contributed by atoms with Gasteiger partial charge in [0.05, 0.1) is 0 Å². The van der Waals surface area contributed by atoms with Crippen molar-refractivity contribution in [1.82, 2.24) is 15.2 Å². The van der Waals surface area contributed by atoms with Crippen molar-refractivity contribution in [3.8, 4) is 0 Å². The summed E-state index contributed by atoms with van der Waals surface area (Å²) in [7, 11) is 0. The number of nitrogens with zero attached hydrogens (tertiary/aromatic N) is 1. The summed E-state index contributed by atoms with van der Waals surface area (Å²) in [6.45, 7) is 1.16. The van der Waals surface area contributed by atoms with E-state index < -0.39 is 24.1 Å². The smallest absolute Gasteiger partial charge is 0.383 e. The monoisotopic (exact) mass is 359 g/mol. The van der Waals surface area contributed by atoms with Gasteiger partial charge in [0, 0.05) is 56.0 Å². The lowest BCUT2D eigenvalue weighted by molar-refractivity contribution is -0.222. The van der Waals surface area contributed by atoms with Gasteiger partial charge in [0.1, 0.15) is 5.56 Å². The summed E-state index contributed by atoms with van der Waals surface area (Å²) >= 11 is 0. The van der Waals surface area contributed by atoms with Crippen LogP contribution in [0.4, 0.5) is 13.2 Å². The summed E-state index contributed by atoms with van der Waals surface area (Å²) < 4.78 is 38.2. The molecular formula is C16H20F3N3O3. The third kappa shape index (κ3) is 3.57. The van der Waals surface area contributed by atoms with Crippen LogP contribution in [0.2, 0.25) is 0 Å². The molecule has 1 aromatic rings. The first-order chi connectivity index (χ1) is 11.8. The molecule has 1 fully saturated rings. The first kappa shape index (κ1) is 17.9. The number of halogens is 3. The standard InChI is InChI=1S/C16H20F3N3O3/c17-16(18,19)14(24)9-2-1-5-22(8-9)15(25)11-7-21-12-3-4-20-6-10(12)13(11)23/h7,9,14,20,24H,1-6,8H2,(H,21,23). The number of carbonyl (C=O) groups excluding carboxylic acids is 1. The van der Waals surface area contributed by atoms with Crippen LogP contribution < -0.4 is 10.7 Å². The number of piperidine rings is 1. The van der Waals surface area contributed by atoms with Crippen LogP contribution in [-0.4, -0.2) is 52.8 Å². The van der Waals surface area contributed by atoms with E-state index in [4.69, 9.17) is 0 Å². The summed E-state index contributed by atoms with van der Waals surface area (Å²) in [5.74, 6) is -1.66. The zero-order valence-corrected chi connectivity index (χ0v) is 13.5. The third-order valence-electron chi connectivity index (χ3n) is 4.88. The Morgan fingerprint density at radius 3 is 2.88 bits per heavy atom. The molecule has 2 aliphatic rings. The lowest BCUT2D eigenvalue weighted by Crippen LogP contribution is -2.48. The quantitative estimate of drug-likeness (QED) is 0.729. The SMILES string of the molecule is O=C(c1c[nH]c2c(c1=O)CNCC2)N1CCCC(C(O)C(F)(F)F)C1. The summed E-state index contributed by atoms with van der Waals surface area (Å²) in [5, 5.41) is 12.5. The van der Waals surface area contributed by atoms with Crippen LogP contribution in [0.5, 0.6) is 0 Å². The van der Waals surface area contributed by atoms with Gasteiger partial charge in [-0.15, -0.1) is 0 Å². The van der Waals surface area contributed by atoms with Crippen molar-refractivity contribution in [2.75, 3.05) is 19.6 Å². The number of aromatic amines is 1. The molecule has 138 valence electrons. The number of likely N-dealkylation sites (tertiary alicyclic amines) is 1. The number of aromatic nitrogens is 1. The molecule has 9 heteroatoms. The van der Waals surface area contributed by atoms with Gasteiger partial charge < -0.3 is 20.3 Å². The number of hydrogen-bond donors (Lipinski definition) is 3. The number of pyridine rings is 1. The molecule has 6 nitrogen and oxygen atoms in total. The van der Waals surface area contributed by atoms with E-state index in [1.165, 1.54) is 11.1 Å². The van der Waals surface area contributed by atoms with Gasteiger partial charge >= 0.3 is 6.18 Å². The highest BCUT2D eigenvalue weighted by Crippen LogP contribution is 2.31. The van der Waals surface area contributed by atoms with Crippen LogP contribution in [0.1, 0.15) is 34.5 Å². The number of amides is 1. The Bertz CT molecular complexity index is 717. The van der Waals surface area contributed by atoms with Gasteiger partial charge in [-0.2, -0.15) is 13.2 Å². The fourth-order valence-electron chi connectivity index (χ4n) is 3.50. The maximum atomic E-state index is 12.7. The highest BCUT2D eigenvalue weighted by atomic mass is 19.4. The Morgan fingerprint density at radius 1 is 1.40 bits per heavy atom. The molecule has 1 aromatic heterocycles. The molecule has 3 rings (SSSR count). The van der Waals surface area contributed by atoms with Gasteiger partial charge in [0.2, 0.25) is 0 Å². The molecule has 0 bridgehead atoms. The van der Waals surface area contributed by atoms with E-state index in [0.29, 0.717) is 24.9 Å². The first-order valence-corrected chi connectivity index (χ1v) is 8.27. The molecule has 2 aliphatic heterocycles. The number of H-pyrrole nitrogens is 1. The van der Waals surface area contributed by atoms with Crippen LogP contribution >= 0.6 is 0 Å². The molecule has 2 atom stereocenters. The summed E-state index contributed by atoms with van der Waals surface area (Å²) in [6.07, 6.45) is -4.63. The lowest BCUT2D eigenvalue weighted by Gasteiger charge is -2.35. The van der Waals surface area contributed by atoms with E-state index in [1.54, 1.807) is 0 Å². The second kappa shape index (κ2) is 6.80. The Kier molecular flexibility index (Phi) is 4.88. The predicted octanol–water partition coefficient (Wildman–Crippen LogP) is 0.796. The van der Waals surface area contributed by atoms with Crippen molar-refractivity contribution in [3.05, 3.63) is 33.2 Å². The third-order valence-corrected chi connectivity index (χ3v) is 4.88. The fourth-order valence-corrected chi connectivity index (χ4v) is 3.50. The zero-order valence-electron chi connectivity index (χ0n) is 13.5. The number of alkyl halides is 3. The highest BCUT2D eigenvalue weighted by Gasteiger charge is 2.45. The summed E-state index contributed by atoms with van der Waals surface area (Å²) in [5.41, 5.74) is 0.833. The topological polar surface area (TPSA) is 85.4 Å². The molecule has 3 heterocycles. The van der Waals surface area contributed by atoms with Crippen molar-refractivity contribution in [2.24, 2.45) is 5.92 Å². The minimum Gasteiger partial charge on any atom is -0.383 e. The number of carbonyl (C=O) groups is 1. The largest absolute Gasteiger partial charge is 0.414 e. The van der Waals surface area contributed by atoms with Crippen LogP contribution in [0, 0.1) is 5.92 Å². The van der Waals surface area contributed by atoms with Gasteiger partial charge in [-0.3, -0.25) is 9.59 Å². The van der Waals surface area contributed by atoms with Gasteiger partial charge in [0.15, 0.2) is 11.5 Å². The molecule has 25 heavy (non-hydrogen) atoms. The van der Waals surface area contributed by atoms with Gasteiger partial charge in [-0.1, -0.05) is 0 Å². The Balaban J connectivity index is 1.80. The molecule has 0 aromatic carbocycles. The number of rotatable bonds is 2. The summed E-state index contributed by atoms with van der Waals surface area (Å²) in [4.78, 5) is 29.4. The maximum absolute atomic E-state index is 12.7. The fraction of sp³-hybridized carbons (Fsp3) is 0.625. The second-order valence-corrected chi connectivity index (χ2v) is 6.56. The number of nitrogens with one attached hydrogen (secondary N) is 2. The Hall–Kier alpha value is -1.87. The average molecular weight is 359 g/mol. The van der Waals surface area contributed by atoms with Crippen molar-refractivity contribution in [3.63, 3.8) is 0 Å². The van der Waals surface area contributed by atoms with Gasteiger partial charge in [-0.25, -0.2) is 0 Å². The van der Waals surface area contributed by atoms with Crippen molar-refractivity contribution in [2.45, 2.75) is 38.1 Å². The number of hydrogen-bond acceptors (Lipinski definition) is 4. The number of aliphatic hydroxyl groups is 1.